The maximum atomic E-state index is 12.1. The van der Waals surface area contributed by atoms with Crippen LogP contribution in [0.4, 0.5) is 0 Å². The number of methoxy groups -OCH3 is 1. The largest absolute Gasteiger partial charge is 0.496 e. The molecule has 3 aromatic rings. The molecule has 0 aliphatic heterocycles. The summed E-state index contributed by atoms with van der Waals surface area (Å²) in [7, 11) is 1.63. The van der Waals surface area contributed by atoms with E-state index in [-0.39, 0.29) is 11.6 Å². The van der Waals surface area contributed by atoms with Crippen molar-refractivity contribution in [2.45, 2.75) is 6.42 Å². The Bertz CT molecular complexity index is 802. The van der Waals surface area contributed by atoms with Crippen molar-refractivity contribution in [1.82, 2.24) is 30.3 Å². The Morgan fingerprint density at radius 3 is 2.79 bits per heavy atom. The van der Waals surface area contributed by atoms with E-state index >= 15 is 0 Å². The highest BCUT2D eigenvalue weighted by molar-refractivity contribution is 5.92. The molecular formula is C16H16N6O2. The van der Waals surface area contributed by atoms with E-state index in [1.807, 2.05) is 24.3 Å². The van der Waals surface area contributed by atoms with Crippen molar-refractivity contribution in [3.8, 4) is 11.6 Å². The third-order valence-corrected chi connectivity index (χ3v) is 3.41. The van der Waals surface area contributed by atoms with E-state index in [0.717, 1.165) is 11.3 Å². The summed E-state index contributed by atoms with van der Waals surface area (Å²) in [4.78, 5) is 15.9. The van der Waals surface area contributed by atoms with Gasteiger partial charge in [-0.3, -0.25) is 4.79 Å². The van der Waals surface area contributed by atoms with Crippen LogP contribution in [0.5, 0.6) is 5.75 Å². The summed E-state index contributed by atoms with van der Waals surface area (Å²) in [6, 6.07) is 11.0. The normalized spacial score (nSPS) is 10.4. The quantitative estimate of drug-likeness (QED) is 0.728. The van der Waals surface area contributed by atoms with E-state index in [1.54, 1.807) is 19.2 Å². The molecule has 1 amide bonds. The molecule has 2 heterocycles. The Morgan fingerprint density at radius 1 is 1.21 bits per heavy atom. The van der Waals surface area contributed by atoms with Gasteiger partial charge in [0, 0.05) is 6.54 Å². The number of carbonyl (C=O) groups excluding carboxylic acids is 1. The molecule has 0 saturated carbocycles. The molecule has 2 aromatic heterocycles. The second kappa shape index (κ2) is 7.32. The van der Waals surface area contributed by atoms with Crippen molar-refractivity contribution in [2.75, 3.05) is 13.7 Å². The van der Waals surface area contributed by atoms with E-state index in [2.05, 4.69) is 25.6 Å². The number of para-hydroxylation sites is 1. The molecular weight excluding hydrogens is 308 g/mol. The number of hydrogen-bond acceptors (Lipinski definition) is 6. The van der Waals surface area contributed by atoms with Crippen LogP contribution in [-0.2, 0) is 6.42 Å². The van der Waals surface area contributed by atoms with Gasteiger partial charge in [0.1, 0.15) is 18.4 Å². The van der Waals surface area contributed by atoms with Crippen LogP contribution in [0.15, 0.2) is 49.1 Å². The molecule has 1 aromatic carbocycles. The predicted octanol–water partition coefficient (Wildman–Crippen LogP) is 1.04. The molecule has 0 aliphatic rings. The van der Waals surface area contributed by atoms with Gasteiger partial charge < -0.3 is 10.1 Å². The fraction of sp³-hybridized carbons (Fsp3) is 0.188. The lowest BCUT2D eigenvalue weighted by atomic mass is 10.1. The molecule has 1 N–H and O–H groups in total. The molecule has 0 fully saturated rings. The summed E-state index contributed by atoms with van der Waals surface area (Å²) >= 11 is 0. The van der Waals surface area contributed by atoms with Gasteiger partial charge in [-0.2, -0.15) is 5.10 Å². The molecule has 0 atom stereocenters. The maximum absolute atomic E-state index is 12.1. The van der Waals surface area contributed by atoms with E-state index in [4.69, 9.17) is 4.74 Å². The third kappa shape index (κ3) is 3.54. The Hall–Kier alpha value is -3.29. The summed E-state index contributed by atoms with van der Waals surface area (Å²) in [6.45, 7) is 0.478. The molecule has 8 heteroatoms. The molecule has 3 rings (SSSR count). The minimum atomic E-state index is -0.275. The van der Waals surface area contributed by atoms with Gasteiger partial charge >= 0.3 is 0 Å². The van der Waals surface area contributed by atoms with Crippen LogP contribution >= 0.6 is 0 Å². The fourth-order valence-electron chi connectivity index (χ4n) is 2.21. The fourth-order valence-corrected chi connectivity index (χ4v) is 2.21. The number of aromatic nitrogens is 5. The van der Waals surface area contributed by atoms with E-state index in [9.17, 15) is 4.79 Å². The maximum Gasteiger partial charge on any atom is 0.271 e. The lowest BCUT2D eigenvalue weighted by molar-refractivity contribution is 0.0948. The van der Waals surface area contributed by atoms with Gasteiger partial charge in [0.05, 0.1) is 7.11 Å². The second-order valence-electron chi connectivity index (χ2n) is 4.93. The van der Waals surface area contributed by atoms with Gasteiger partial charge in [-0.05, 0) is 30.2 Å². The van der Waals surface area contributed by atoms with Gasteiger partial charge in [-0.15, -0.1) is 10.2 Å². The first-order valence-corrected chi connectivity index (χ1v) is 7.37. The minimum Gasteiger partial charge on any atom is -0.496 e. The Labute approximate surface area is 138 Å². The monoisotopic (exact) mass is 324 g/mol. The Kier molecular flexibility index (Phi) is 4.76. The third-order valence-electron chi connectivity index (χ3n) is 3.41. The van der Waals surface area contributed by atoms with Crippen molar-refractivity contribution in [3.05, 3.63) is 60.3 Å². The lowest BCUT2D eigenvalue weighted by Crippen LogP contribution is -2.27. The van der Waals surface area contributed by atoms with Gasteiger partial charge in [-0.1, -0.05) is 18.2 Å². The van der Waals surface area contributed by atoms with Crippen LogP contribution < -0.4 is 10.1 Å². The summed E-state index contributed by atoms with van der Waals surface area (Å²) in [6.07, 6.45) is 3.58. The molecule has 122 valence electrons. The van der Waals surface area contributed by atoms with Crippen LogP contribution in [0.1, 0.15) is 16.1 Å². The second-order valence-corrected chi connectivity index (χ2v) is 4.93. The Balaban J connectivity index is 1.57. The van der Waals surface area contributed by atoms with Crippen LogP contribution in [-0.4, -0.2) is 44.5 Å². The summed E-state index contributed by atoms with van der Waals surface area (Å²) < 4.78 is 6.76. The van der Waals surface area contributed by atoms with Crippen molar-refractivity contribution in [2.24, 2.45) is 0 Å². The molecule has 8 nitrogen and oxygen atoms in total. The highest BCUT2D eigenvalue weighted by atomic mass is 16.5. The summed E-state index contributed by atoms with van der Waals surface area (Å²) in [5, 5.41) is 14.7. The highest BCUT2D eigenvalue weighted by Gasteiger charge is 2.09. The van der Waals surface area contributed by atoms with Gasteiger partial charge in [0.25, 0.3) is 5.91 Å². The number of rotatable bonds is 6. The molecule has 24 heavy (non-hydrogen) atoms. The number of nitrogens with zero attached hydrogens (tertiary/aromatic N) is 5. The van der Waals surface area contributed by atoms with Crippen LogP contribution in [0.2, 0.25) is 0 Å². The van der Waals surface area contributed by atoms with E-state index < -0.39 is 0 Å². The van der Waals surface area contributed by atoms with Crippen molar-refractivity contribution in [1.29, 1.82) is 0 Å². The molecule has 0 saturated heterocycles. The van der Waals surface area contributed by atoms with Crippen molar-refractivity contribution in [3.63, 3.8) is 0 Å². The van der Waals surface area contributed by atoms with Gasteiger partial charge in [-0.25, -0.2) is 9.67 Å². The average Bonchev–Trinajstić information content (AvgIpc) is 3.17. The van der Waals surface area contributed by atoms with Gasteiger partial charge in [0.15, 0.2) is 11.5 Å². The zero-order chi connectivity index (χ0) is 16.8. The average molecular weight is 324 g/mol. The minimum absolute atomic E-state index is 0.249. The molecule has 0 radical (unpaired) electrons. The predicted molar refractivity (Wildman–Crippen MR) is 86.0 cm³/mol. The highest BCUT2D eigenvalue weighted by Crippen LogP contribution is 2.17. The van der Waals surface area contributed by atoms with Crippen molar-refractivity contribution >= 4 is 5.91 Å². The smallest absolute Gasteiger partial charge is 0.271 e. The first-order chi connectivity index (χ1) is 11.8. The SMILES string of the molecule is COc1ccccc1CCNC(=O)c1ccc(-n2cncn2)nn1. The first kappa shape index (κ1) is 15.6. The number of nitrogens with one attached hydrogen (secondary N) is 1. The van der Waals surface area contributed by atoms with Crippen LogP contribution in [0, 0.1) is 0 Å². The molecule has 0 bridgehead atoms. The van der Waals surface area contributed by atoms with E-state index in [0.29, 0.717) is 18.8 Å². The first-order valence-electron chi connectivity index (χ1n) is 7.37. The standard InChI is InChI=1S/C16H16N6O2/c1-24-14-5-3-2-4-12(14)8-9-18-16(23)13-6-7-15(21-20-13)22-11-17-10-19-22/h2-7,10-11H,8-9H2,1H3,(H,18,23). The van der Waals surface area contributed by atoms with Gasteiger partial charge in [0.2, 0.25) is 0 Å². The van der Waals surface area contributed by atoms with Crippen LogP contribution in [0.25, 0.3) is 5.82 Å². The zero-order valence-corrected chi connectivity index (χ0v) is 13.1. The topological polar surface area (TPSA) is 94.8 Å². The lowest BCUT2D eigenvalue weighted by Gasteiger charge is -2.08. The Morgan fingerprint density at radius 2 is 2.08 bits per heavy atom. The van der Waals surface area contributed by atoms with Crippen molar-refractivity contribution < 1.29 is 9.53 Å². The molecule has 0 aliphatic carbocycles. The number of hydrogen-bond donors (Lipinski definition) is 1. The van der Waals surface area contributed by atoms with E-state index in [1.165, 1.54) is 17.3 Å². The summed E-state index contributed by atoms with van der Waals surface area (Å²) in [5.74, 6) is 1.03. The number of amides is 1. The zero-order valence-electron chi connectivity index (χ0n) is 13.1. The number of benzene rings is 1. The van der Waals surface area contributed by atoms with Crippen LogP contribution in [0.3, 0.4) is 0 Å². The molecule has 0 spiro atoms. The summed E-state index contributed by atoms with van der Waals surface area (Å²) in [5.41, 5.74) is 1.28. The number of carbonyl (C=O) groups is 1. The molecule has 0 unspecified atom stereocenters. The number of ether oxygens (including phenoxy) is 1.